The molecule has 27 heavy (non-hydrogen) atoms. The van der Waals surface area contributed by atoms with E-state index in [0.29, 0.717) is 35.4 Å². The van der Waals surface area contributed by atoms with Crippen molar-refractivity contribution in [3.63, 3.8) is 0 Å². The van der Waals surface area contributed by atoms with Crippen LogP contribution in [0.25, 0.3) is 5.57 Å². The van der Waals surface area contributed by atoms with Crippen molar-refractivity contribution in [2.45, 2.75) is 25.7 Å². The molecule has 1 aromatic rings. The molecular formula is C21H30N2O4. The Morgan fingerprint density at radius 3 is 2.56 bits per heavy atom. The highest BCUT2D eigenvalue weighted by atomic mass is 16.5. The molecule has 0 saturated heterocycles. The first-order valence-electron chi connectivity index (χ1n) is 8.68. The number of carbonyl (C=O) groups excluding carboxylic acids is 1. The fourth-order valence-electron chi connectivity index (χ4n) is 2.06. The van der Waals surface area contributed by atoms with Crippen molar-refractivity contribution < 1.29 is 19.4 Å². The van der Waals surface area contributed by atoms with Crippen LogP contribution in [0.3, 0.4) is 0 Å². The summed E-state index contributed by atoms with van der Waals surface area (Å²) in [6.45, 7) is 8.44. The number of benzene rings is 1. The van der Waals surface area contributed by atoms with Gasteiger partial charge < -0.3 is 20.5 Å². The Hall–Kier alpha value is -2.86. The number of carboxylic acids is 1. The van der Waals surface area contributed by atoms with Crippen LogP contribution >= 0.6 is 0 Å². The van der Waals surface area contributed by atoms with E-state index in [2.05, 4.69) is 35.9 Å². The van der Waals surface area contributed by atoms with Crippen LogP contribution < -0.4 is 15.4 Å². The summed E-state index contributed by atoms with van der Waals surface area (Å²) in [5, 5.41) is 14.2. The molecule has 6 heteroatoms. The molecule has 0 bridgehead atoms. The zero-order valence-electron chi connectivity index (χ0n) is 16.2. The van der Waals surface area contributed by atoms with E-state index in [4.69, 9.17) is 9.84 Å². The van der Waals surface area contributed by atoms with Crippen LogP contribution in [0.4, 0.5) is 5.69 Å². The summed E-state index contributed by atoms with van der Waals surface area (Å²) < 4.78 is 5.09. The molecule has 0 atom stereocenters. The number of unbranched alkanes of at least 4 members (excludes halogenated alkanes) is 1. The standard InChI is InChI=1S/C13H15NO4.C8H15N/c1-9(3-6-13(16)17)11-7-10(18-2)4-5-12(11)14-8-15;1-3-4-5-6-7-8-9-2/h4-5,7-8H,1,3,6H2,2H3,(H,14,15)(H,16,17);3,6-7,9H,1,4-5,8H2,2H3/b;7-6-. The van der Waals surface area contributed by atoms with Crippen LogP contribution in [0.5, 0.6) is 5.75 Å². The highest BCUT2D eigenvalue weighted by Crippen LogP contribution is 2.29. The quantitative estimate of drug-likeness (QED) is 0.294. The number of hydrogen-bond acceptors (Lipinski definition) is 4. The topological polar surface area (TPSA) is 87.7 Å². The minimum atomic E-state index is -0.885. The molecule has 0 aliphatic rings. The van der Waals surface area contributed by atoms with Crippen LogP contribution in [-0.4, -0.2) is 38.2 Å². The number of hydrogen-bond donors (Lipinski definition) is 3. The number of aliphatic carboxylic acids is 1. The van der Waals surface area contributed by atoms with Gasteiger partial charge in [-0.15, -0.1) is 6.58 Å². The Balaban J connectivity index is 0.000000636. The lowest BCUT2D eigenvalue weighted by atomic mass is 10.0. The first-order valence-corrected chi connectivity index (χ1v) is 8.68. The van der Waals surface area contributed by atoms with Gasteiger partial charge in [-0.3, -0.25) is 9.59 Å². The van der Waals surface area contributed by atoms with Gasteiger partial charge in [0, 0.05) is 24.2 Å². The maximum Gasteiger partial charge on any atom is 0.303 e. The number of likely N-dealkylation sites (N-methyl/N-ethyl adjacent to an activating group) is 1. The molecule has 0 fully saturated rings. The smallest absolute Gasteiger partial charge is 0.303 e. The van der Waals surface area contributed by atoms with Crippen molar-refractivity contribution in [3.8, 4) is 5.75 Å². The molecular weight excluding hydrogens is 344 g/mol. The van der Waals surface area contributed by atoms with Gasteiger partial charge in [0.1, 0.15) is 5.75 Å². The van der Waals surface area contributed by atoms with Gasteiger partial charge in [-0.25, -0.2) is 0 Å². The van der Waals surface area contributed by atoms with E-state index in [1.54, 1.807) is 18.2 Å². The van der Waals surface area contributed by atoms with E-state index >= 15 is 0 Å². The second kappa shape index (κ2) is 15.4. The minimum Gasteiger partial charge on any atom is -0.497 e. The van der Waals surface area contributed by atoms with E-state index in [0.717, 1.165) is 19.4 Å². The van der Waals surface area contributed by atoms with Gasteiger partial charge >= 0.3 is 5.97 Å². The number of methoxy groups -OCH3 is 1. The lowest BCUT2D eigenvalue weighted by Gasteiger charge is -2.12. The summed E-state index contributed by atoms with van der Waals surface area (Å²) in [6.07, 6.45) is 9.30. The van der Waals surface area contributed by atoms with Crippen LogP contribution in [-0.2, 0) is 9.59 Å². The molecule has 1 amide bonds. The van der Waals surface area contributed by atoms with Gasteiger partial charge in [0.15, 0.2) is 0 Å². The summed E-state index contributed by atoms with van der Waals surface area (Å²) in [5.41, 5.74) is 1.91. The summed E-state index contributed by atoms with van der Waals surface area (Å²) in [5.74, 6) is -0.262. The highest BCUT2D eigenvalue weighted by molar-refractivity contribution is 5.84. The molecule has 0 radical (unpaired) electrons. The van der Waals surface area contributed by atoms with Gasteiger partial charge in [0.05, 0.1) is 7.11 Å². The SMILES string of the molecule is C=C(CCC(=O)O)c1cc(OC)ccc1NC=O.C=CCC/C=C\CNC. The van der Waals surface area contributed by atoms with Gasteiger partial charge in [-0.2, -0.15) is 0 Å². The number of nitrogens with one attached hydrogen (secondary N) is 2. The first kappa shape index (κ1) is 24.1. The van der Waals surface area contributed by atoms with Crippen LogP contribution in [0, 0.1) is 0 Å². The number of anilines is 1. The van der Waals surface area contributed by atoms with Gasteiger partial charge in [-0.1, -0.05) is 24.8 Å². The number of amides is 1. The third-order valence-corrected chi connectivity index (χ3v) is 3.49. The molecule has 0 heterocycles. The molecule has 0 spiro atoms. The molecule has 1 rings (SSSR count). The molecule has 6 nitrogen and oxygen atoms in total. The minimum absolute atomic E-state index is 0.00340. The highest BCUT2D eigenvalue weighted by Gasteiger charge is 2.09. The molecule has 0 aromatic heterocycles. The van der Waals surface area contributed by atoms with Crippen molar-refractivity contribution >= 4 is 23.6 Å². The predicted octanol–water partition coefficient (Wildman–Crippen LogP) is 3.87. The summed E-state index contributed by atoms with van der Waals surface area (Å²) in [7, 11) is 3.48. The van der Waals surface area contributed by atoms with Crippen molar-refractivity contribution in [2.75, 3.05) is 26.0 Å². The Kier molecular flexibility index (Phi) is 13.8. The van der Waals surface area contributed by atoms with Gasteiger partial charge in [0.2, 0.25) is 6.41 Å². The largest absolute Gasteiger partial charge is 0.497 e. The normalized spacial score (nSPS) is 9.85. The number of rotatable bonds is 12. The number of ether oxygens (including phenoxy) is 1. The molecule has 1 aromatic carbocycles. The summed E-state index contributed by atoms with van der Waals surface area (Å²) >= 11 is 0. The lowest BCUT2D eigenvalue weighted by Crippen LogP contribution is -2.03. The van der Waals surface area contributed by atoms with E-state index in [1.165, 1.54) is 7.11 Å². The molecule has 3 N–H and O–H groups in total. The fourth-order valence-corrected chi connectivity index (χ4v) is 2.06. The molecule has 148 valence electrons. The van der Waals surface area contributed by atoms with Gasteiger partial charge in [-0.05, 0) is 50.1 Å². The average Bonchev–Trinajstić information content (AvgIpc) is 2.67. The summed E-state index contributed by atoms with van der Waals surface area (Å²) in [6, 6.07) is 5.12. The molecule has 0 aliphatic heterocycles. The predicted molar refractivity (Wildman–Crippen MR) is 111 cm³/mol. The second-order valence-electron chi connectivity index (χ2n) is 5.57. The second-order valence-corrected chi connectivity index (χ2v) is 5.57. The zero-order chi connectivity index (χ0) is 20.5. The zero-order valence-corrected chi connectivity index (χ0v) is 16.2. The Morgan fingerprint density at radius 2 is 2.00 bits per heavy atom. The fraction of sp³-hybridized carbons (Fsp3) is 0.333. The maximum atomic E-state index is 10.5. The Morgan fingerprint density at radius 1 is 1.26 bits per heavy atom. The number of allylic oxidation sites excluding steroid dienone is 3. The van der Waals surface area contributed by atoms with Crippen LogP contribution in [0.2, 0.25) is 0 Å². The van der Waals surface area contributed by atoms with Crippen LogP contribution in [0.1, 0.15) is 31.2 Å². The maximum absolute atomic E-state index is 10.5. The summed E-state index contributed by atoms with van der Waals surface area (Å²) in [4.78, 5) is 21.0. The third kappa shape index (κ3) is 11.4. The first-order chi connectivity index (χ1) is 13.0. The van der Waals surface area contributed by atoms with Crippen LogP contribution in [0.15, 0.2) is 49.6 Å². The van der Waals surface area contributed by atoms with Crippen molar-refractivity contribution in [1.29, 1.82) is 0 Å². The van der Waals surface area contributed by atoms with E-state index in [1.807, 2.05) is 13.1 Å². The third-order valence-electron chi connectivity index (χ3n) is 3.49. The molecule has 0 aliphatic carbocycles. The lowest BCUT2D eigenvalue weighted by molar-refractivity contribution is -0.136. The number of carboxylic acid groups (broad SMARTS) is 1. The Bertz CT molecular complexity index is 639. The molecule has 0 saturated carbocycles. The molecule has 0 unspecified atom stereocenters. The van der Waals surface area contributed by atoms with Crippen molar-refractivity contribution in [3.05, 3.63) is 55.1 Å². The van der Waals surface area contributed by atoms with E-state index in [-0.39, 0.29) is 6.42 Å². The van der Waals surface area contributed by atoms with Crippen molar-refractivity contribution in [1.82, 2.24) is 5.32 Å². The number of carbonyl (C=O) groups is 2. The van der Waals surface area contributed by atoms with Gasteiger partial charge in [0.25, 0.3) is 0 Å². The van der Waals surface area contributed by atoms with Crippen molar-refractivity contribution in [2.24, 2.45) is 0 Å². The Labute approximate surface area is 161 Å². The van der Waals surface area contributed by atoms with E-state index in [9.17, 15) is 9.59 Å². The van der Waals surface area contributed by atoms with E-state index < -0.39 is 5.97 Å². The average molecular weight is 374 g/mol. The monoisotopic (exact) mass is 374 g/mol.